The molecular formula is C9H16N3O12P3S. The minimum absolute atomic E-state index is 0.0104. The Morgan fingerprint density at radius 2 is 1.96 bits per heavy atom. The topological polar surface area (TPSA) is 233 Å². The van der Waals surface area contributed by atoms with E-state index in [1.165, 1.54) is 12.3 Å². The number of nitrogens with two attached hydrogens (primary N) is 1. The van der Waals surface area contributed by atoms with Gasteiger partial charge in [-0.25, -0.2) is 18.2 Å². The lowest BCUT2D eigenvalue weighted by Gasteiger charge is -2.21. The molecule has 0 saturated carbocycles. The van der Waals surface area contributed by atoms with Crippen molar-refractivity contribution in [3.8, 4) is 0 Å². The SMILES string of the molecule is Nc1ccn([C@H]2C[C@@H](O)[C@@H](COP(O)(=S)OP(=O)(O)OP(=O)(O)O)O2)c(=O)n1. The molecule has 1 aromatic rings. The third-order valence-corrected chi connectivity index (χ3v) is 7.90. The number of hydrogen-bond donors (Lipinski definition) is 6. The molecule has 1 aromatic heterocycles. The van der Waals surface area contributed by atoms with E-state index in [4.69, 9.17) is 24.8 Å². The molecule has 19 heteroatoms. The molecule has 7 N–H and O–H groups in total. The Balaban J connectivity index is 1.98. The maximum absolute atomic E-state index is 11.8. The molecule has 160 valence electrons. The van der Waals surface area contributed by atoms with Gasteiger partial charge in [0.15, 0.2) is 0 Å². The summed E-state index contributed by atoms with van der Waals surface area (Å²) in [4.78, 5) is 51.2. The first-order valence-corrected chi connectivity index (χ1v) is 12.8. The van der Waals surface area contributed by atoms with E-state index >= 15 is 0 Å². The van der Waals surface area contributed by atoms with Crippen LogP contribution in [0.2, 0.25) is 0 Å². The maximum atomic E-state index is 11.8. The van der Waals surface area contributed by atoms with E-state index in [1.807, 2.05) is 0 Å². The molecule has 0 aliphatic carbocycles. The Bertz CT molecular complexity index is 919. The Hall–Kier alpha value is -0.570. The van der Waals surface area contributed by atoms with Gasteiger partial charge >= 0.3 is 28.1 Å². The molecule has 0 spiro atoms. The van der Waals surface area contributed by atoms with Crippen LogP contribution in [0.1, 0.15) is 12.6 Å². The van der Waals surface area contributed by atoms with Crippen LogP contribution in [0.25, 0.3) is 0 Å². The number of aliphatic hydroxyl groups is 1. The van der Waals surface area contributed by atoms with Crippen molar-refractivity contribution in [2.24, 2.45) is 0 Å². The third kappa shape index (κ3) is 7.04. The van der Waals surface area contributed by atoms with Crippen molar-refractivity contribution in [2.75, 3.05) is 12.3 Å². The first-order valence-electron chi connectivity index (χ1n) is 7.14. The number of phosphoric acid groups is 2. The summed E-state index contributed by atoms with van der Waals surface area (Å²) in [5.41, 5.74) is 4.65. The fourth-order valence-electron chi connectivity index (χ4n) is 2.15. The lowest BCUT2D eigenvalue weighted by atomic mass is 10.2. The van der Waals surface area contributed by atoms with Crippen molar-refractivity contribution in [2.45, 2.75) is 24.9 Å². The molecule has 1 aliphatic rings. The van der Waals surface area contributed by atoms with Gasteiger partial charge in [0.05, 0.1) is 12.7 Å². The van der Waals surface area contributed by atoms with E-state index in [0.717, 1.165) is 4.57 Å². The van der Waals surface area contributed by atoms with Crippen LogP contribution < -0.4 is 11.4 Å². The second kappa shape index (κ2) is 8.66. The van der Waals surface area contributed by atoms with Crippen LogP contribution in [0, 0.1) is 0 Å². The van der Waals surface area contributed by atoms with Gasteiger partial charge in [0.1, 0.15) is 18.1 Å². The van der Waals surface area contributed by atoms with E-state index in [-0.39, 0.29) is 12.2 Å². The van der Waals surface area contributed by atoms with Gasteiger partial charge in [-0.05, 0) is 17.9 Å². The maximum Gasteiger partial charge on any atom is 0.488 e. The zero-order valence-corrected chi connectivity index (χ0v) is 17.1. The van der Waals surface area contributed by atoms with Crippen molar-refractivity contribution in [3.05, 3.63) is 22.7 Å². The third-order valence-electron chi connectivity index (χ3n) is 3.18. The Labute approximate surface area is 161 Å². The number of aromatic nitrogens is 2. The largest absolute Gasteiger partial charge is 0.488 e. The monoisotopic (exact) mass is 483 g/mol. The predicted octanol–water partition coefficient (Wildman–Crippen LogP) is -1.07. The molecule has 1 fully saturated rings. The van der Waals surface area contributed by atoms with Crippen LogP contribution in [0.5, 0.6) is 0 Å². The molecule has 2 unspecified atom stereocenters. The average molecular weight is 483 g/mol. The highest BCUT2D eigenvalue weighted by molar-refractivity contribution is 8.08. The summed E-state index contributed by atoms with van der Waals surface area (Å²) in [5, 5.41) is 10.0. The quantitative estimate of drug-likeness (QED) is 0.242. The number of ether oxygens (including phenoxy) is 1. The van der Waals surface area contributed by atoms with E-state index in [9.17, 15) is 28.8 Å². The van der Waals surface area contributed by atoms with Gasteiger partial charge in [0.2, 0.25) is 0 Å². The van der Waals surface area contributed by atoms with E-state index in [2.05, 4.69) is 25.4 Å². The molecular weight excluding hydrogens is 467 g/mol. The Morgan fingerprint density at radius 1 is 1.32 bits per heavy atom. The first-order chi connectivity index (χ1) is 12.7. The lowest BCUT2D eigenvalue weighted by Crippen LogP contribution is -2.28. The van der Waals surface area contributed by atoms with Crippen LogP contribution in [0.3, 0.4) is 0 Å². The van der Waals surface area contributed by atoms with Gasteiger partial charge in [0.25, 0.3) is 0 Å². The van der Waals surface area contributed by atoms with E-state index in [0.29, 0.717) is 0 Å². The number of nitrogen functional groups attached to an aromatic ring is 1. The zero-order valence-electron chi connectivity index (χ0n) is 13.6. The number of rotatable bonds is 8. The summed E-state index contributed by atoms with van der Waals surface area (Å²) in [7, 11) is -10.9. The minimum atomic E-state index is -5.45. The molecule has 28 heavy (non-hydrogen) atoms. The van der Waals surface area contributed by atoms with Crippen molar-refractivity contribution in [1.82, 2.24) is 9.55 Å². The van der Waals surface area contributed by atoms with E-state index < -0.39 is 53.1 Å². The Kier molecular flexibility index (Phi) is 7.33. The predicted molar refractivity (Wildman–Crippen MR) is 93.9 cm³/mol. The van der Waals surface area contributed by atoms with Crippen LogP contribution in [0.15, 0.2) is 17.1 Å². The lowest BCUT2D eigenvalue weighted by molar-refractivity contribution is -0.0426. The summed E-state index contributed by atoms with van der Waals surface area (Å²) in [5.74, 6) is -0.0104. The summed E-state index contributed by atoms with van der Waals surface area (Å²) in [6.07, 6.45) is -2.02. The summed E-state index contributed by atoms with van der Waals surface area (Å²) < 4.78 is 40.8. The molecule has 0 aromatic carbocycles. The van der Waals surface area contributed by atoms with Crippen molar-refractivity contribution < 1.29 is 51.7 Å². The summed E-state index contributed by atoms with van der Waals surface area (Å²) in [6, 6.07) is 1.34. The molecule has 0 radical (unpaired) electrons. The highest BCUT2D eigenvalue weighted by Crippen LogP contribution is 2.66. The number of aliphatic hydroxyl groups excluding tert-OH is 1. The fraction of sp³-hybridized carbons (Fsp3) is 0.556. The minimum Gasteiger partial charge on any atom is -0.390 e. The molecule has 2 rings (SSSR count). The fourth-order valence-corrected chi connectivity index (χ4v) is 6.12. The molecule has 0 bridgehead atoms. The highest BCUT2D eigenvalue weighted by atomic mass is 32.5. The average Bonchev–Trinajstić information content (AvgIpc) is 2.82. The normalized spacial score (nSPS) is 27.2. The van der Waals surface area contributed by atoms with Gasteiger partial charge in [-0.15, -0.1) is 0 Å². The summed E-state index contributed by atoms with van der Waals surface area (Å²) in [6.45, 7) is -5.16. The molecule has 1 saturated heterocycles. The zero-order chi connectivity index (χ0) is 21.3. The molecule has 15 nitrogen and oxygen atoms in total. The number of nitrogens with zero attached hydrogens (tertiary/aromatic N) is 2. The number of anilines is 1. The van der Waals surface area contributed by atoms with Gasteiger partial charge in [-0.1, -0.05) is 0 Å². The summed E-state index contributed by atoms with van der Waals surface area (Å²) >= 11 is 4.45. The van der Waals surface area contributed by atoms with Crippen LogP contribution in [-0.2, 0) is 38.8 Å². The van der Waals surface area contributed by atoms with Crippen molar-refractivity contribution in [3.63, 3.8) is 0 Å². The van der Waals surface area contributed by atoms with Crippen LogP contribution >= 0.6 is 22.4 Å². The van der Waals surface area contributed by atoms with Crippen molar-refractivity contribution in [1.29, 1.82) is 0 Å². The van der Waals surface area contributed by atoms with Crippen LogP contribution in [0.4, 0.5) is 5.82 Å². The molecule has 2 heterocycles. The highest BCUT2D eigenvalue weighted by Gasteiger charge is 2.40. The second-order valence-corrected chi connectivity index (χ2v) is 11.2. The molecule has 1 aliphatic heterocycles. The van der Waals surface area contributed by atoms with Gasteiger partial charge in [0, 0.05) is 12.6 Å². The standard InChI is InChI=1S/C9H16N3O12P3S/c10-7-1-2-12(9(14)11-7)8-3-5(13)6(22-8)4-21-27(20,28)24-26(18,19)23-25(15,16)17/h1-2,5-6,8,13H,3-4H2,(H,18,19)(H,20,28)(H2,10,11,14)(H2,15,16,17)/t5-,6-,8-,27?/m1/s1. The molecule has 0 amide bonds. The second-order valence-electron chi connectivity index (χ2n) is 5.36. The van der Waals surface area contributed by atoms with Gasteiger partial charge in [-0.3, -0.25) is 4.57 Å². The van der Waals surface area contributed by atoms with Crippen LogP contribution in [-0.4, -0.2) is 53.0 Å². The van der Waals surface area contributed by atoms with Gasteiger partial charge < -0.3 is 39.7 Å². The first kappa shape index (κ1) is 23.7. The number of hydrogen-bond acceptors (Lipinski definition) is 11. The molecule has 5 atom stereocenters. The smallest absolute Gasteiger partial charge is 0.390 e. The van der Waals surface area contributed by atoms with Crippen molar-refractivity contribution >= 4 is 40.0 Å². The van der Waals surface area contributed by atoms with Gasteiger partial charge in [-0.2, -0.15) is 9.29 Å². The van der Waals surface area contributed by atoms with E-state index in [1.54, 1.807) is 0 Å². The Morgan fingerprint density at radius 3 is 2.54 bits per heavy atom.